The summed E-state index contributed by atoms with van der Waals surface area (Å²) in [7, 11) is 0. The van der Waals surface area contributed by atoms with Crippen LogP contribution in [0.4, 0.5) is 4.79 Å². The molecule has 4 nitrogen and oxygen atoms in total. The van der Waals surface area contributed by atoms with Crippen LogP contribution in [-0.4, -0.2) is 33.3 Å². The van der Waals surface area contributed by atoms with Crippen molar-refractivity contribution in [1.82, 2.24) is 4.90 Å². The number of benzene rings is 1. The lowest BCUT2D eigenvalue weighted by Gasteiger charge is -2.47. The number of carbonyl (C=O) groups is 1. The third-order valence-electron chi connectivity index (χ3n) is 7.06. The van der Waals surface area contributed by atoms with E-state index in [1.165, 1.54) is 36.8 Å². The van der Waals surface area contributed by atoms with Crippen molar-refractivity contribution in [3.05, 3.63) is 29.3 Å². The normalized spacial score (nSPS) is 37.8. The van der Waals surface area contributed by atoms with Crippen molar-refractivity contribution in [3.8, 4) is 5.75 Å². The predicted octanol–water partition coefficient (Wildman–Crippen LogP) is 4.14. The zero-order valence-electron chi connectivity index (χ0n) is 15.3. The molecule has 134 valence electrons. The lowest BCUT2D eigenvalue weighted by molar-refractivity contribution is 0.0271. The predicted molar refractivity (Wildman–Crippen MR) is 94.7 cm³/mol. The zero-order valence-corrected chi connectivity index (χ0v) is 15.3. The molecule has 2 unspecified atom stereocenters. The minimum atomic E-state index is -0.452. The van der Waals surface area contributed by atoms with Crippen molar-refractivity contribution >= 4 is 6.09 Å². The second-order valence-corrected chi connectivity index (χ2v) is 9.60. The van der Waals surface area contributed by atoms with Crippen molar-refractivity contribution in [2.24, 2.45) is 5.92 Å². The maximum Gasteiger partial charge on any atom is 0.411 e. The first kappa shape index (κ1) is 15.5. The van der Waals surface area contributed by atoms with E-state index in [1.807, 2.05) is 26.8 Å². The van der Waals surface area contributed by atoms with Crippen LogP contribution in [0, 0.1) is 5.92 Å². The van der Waals surface area contributed by atoms with Crippen LogP contribution in [0.3, 0.4) is 0 Å². The third-order valence-corrected chi connectivity index (χ3v) is 7.06. The number of ether oxygens (including phenoxy) is 1. The molecule has 0 aromatic heterocycles. The minimum Gasteiger partial charge on any atom is -0.508 e. The van der Waals surface area contributed by atoms with Gasteiger partial charge in [0.05, 0.1) is 11.6 Å². The van der Waals surface area contributed by atoms with Gasteiger partial charge in [-0.1, -0.05) is 18.9 Å². The maximum atomic E-state index is 12.8. The molecule has 5 rings (SSSR count). The van der Waals surface area contributed by atoms with Crippen LogP contribution >= 0.6 is 0 Å². The highest BCUT2D eigenvalue weighted by molar-refractivity contribution is 5.76. The molecule has 3 fully saturated rings. The molecule has 1 aromatic carbocycles. The van der Waals surface area contributed by atoms with Gasteiger partial charge in [0.25, 0.3) is 0 Å². The van der Waals surface area contributed by atoms with Gasteiger partial charge in [-0.05, 0) is 75.6 Å². The first-order chi connectivity index (χ1) is 11.8. The molecule has 4 atom stereocenters. The number of piperidine rings is 1. The smallest absolute Gasteiger partial charge is 0.411 e. The second-order valence-electron chi connectivity index (χ2n) is 9.60. The molecule has 1 N–H and O–H groups in total. The van der Waals surface area contributed by atoms with E-state index in [0.29, 0.717) is 17.7 Å². The zero-order chi connectivity index (χ0) is 17.6. The quantitative estimate of drug-likeness (QED) is 0.722. The number of likely N-dealkylation sites (tertiary alicyclic amines) is 1. The Labute approximate surface area is 149 Å². The molecule has 1 aliphatic heterocycles. The fourth-order valence-electron chi connectivity index (χ4n) is 6.43. The Morgan fingerprint density at radius 3 is 2.88 bits per heavy atom. The molecular weight excluding hydrogens is 314 g/mol. The maximum absolute atomic E-state index is 12.8. The van der Waals surface area contributed by atoms with Gasteiger partial charge in [-0.2, -0.15) is 0 Å². The number of hydrogen-bond acceptors (Lipinski definition) is 3. The Kier molecular flexibility index (Phi) is 2.81. The van der Waals surface area contributed by atoms with Gasteiger partial charge < -0.3 is 9.84 Å². The van der Waals surface area contributed by atoms with Crippen LogP contribution in [0.1, 0.15) is 64.0 Å². The van der Waals surface area contributed by atoms with Gasteiger partial charge in [-0.25, -0.2) is 4.79 Å². The van der Waals surface area contributed by atoms with Gasteiger partial charge in [0, 0.05) is 5.41 Å². The second kappa shape index (κ2) is 4.52. The molecule has 2 bridgehead atoms. The highest BCUT2D eigenvalue weighted by Gasteiger charge is 2.80. The number of aromatic hydroxyl groups is 1. The van der Waals surface area contributed by atoms with Gasteiger partial charge in [0.1, 0.15) is 11.4 Å². The van der Waals surface area contributed by atoms with Gasteiger partial charge in [0.15, 0.2) is 0 Å². The SMILES string of the molecule is CC(C)(C)OC(=O)N1[C@H]2[C@@H]3CCCCC34CC21Cc1ccc(O)cc14. The Bertz CT molecular complexity index is 767. The first-order valence-electron chi connectivity index (χ1n) is 9.62. The van der Waals surface area contributed by atoms with Gasteiger partial charge in [-0.15, -0.1) is 0 Å². The molecule has 25 heavy (non-hydrogen) atoms. The van der Waals surface area contributed by atoms with Gasteiger partial charge in [-0.3, -0.25) is 4.90 Å². The van der Waals surface area contributed by atoms with Gasteiger partial charge in [0.2, 0.25) is 0 Å². The molecule has 4 aliphatic rings. The number of phenolic OH excluding ortho intramolecular Hbond substituents is 1. The number of nitrogens with zero attached hydrogens (tertiary/aromatic N) is 1. The Morgan fingerprint density at radius 1 is 1.32 bits per heavy atom. The average Bonchev–Trinajstić information content (AvgIpc) is 3.06. The van der Waals surface area contributed by atoms with Crippen LogP contribution < -0.4 is 0 Å². The molecule has 2 spiro atoms. The number of carbonyl (C=O) groups excluding carboxylic acids is 1. The van der Waals surface area contributed by atoms with E-state index in [2.05, 4.69) is 11.0 Å². The molecule has 1 aromatic rings. The van der Waals surface area contributed by atoms with E-state index in [1.54, 1.807) is 6.07 Å². The van der Waals surface area contributed by atoms with Crippen molar-refractivity contribution < 1.29 is 14.6 Å². The van der Waals surface area contributed by atoms with E-state index >= 15 is 0 Å². The summed E-state index contributed by atoms with van der Waals surface area (Å²) in [6.07, 6.45) is 6.68. The fraction of sp³-hybridized carbons (Fsp3) is 0.667. The monoisotopic (exact) mass is 341 g/mol. The molecule has 1 amide bonds. The first-order valence-corrected chi connectivity index (χ1v) is 9.62. The molecule has 1 saturated heterocycles. The highest BCUT2D eigenvalue weighted by atomic mass is 16.6. The highest BCUT2D eigenvalue weighted by Crippen LogP contribution is 2.72. The molecule has 1 heterocycles. The van der Waals surface area contributed by atoms with Crippen molar-refractivity contribution in [3.63, 3.8) is 0 Å². The third kappa shape index (κ3) is 1.91. The molecule has 4 heteroatoms. The van der Waals surface area contributed by atoms with Crippen molar-refractivity contribution in [1.29, 1.82) is 0 Å². The van der Waals surface area contributed by atoms with Crippen molar-refractivity contribution in [2.75, 3.05) is 0 Å². The molecule has 3 aliphatic carbocycles. The van der Waals surface area contributed by atoms with Crippen LogP contribution in [0.25, 0.3) is 0 Å². The number of phenols is 1. The summed E-state index contributed by atoms with van der Waals surface area (Å²) >= 11 is 0. The topological polar surface area (TPSA) is 49.5 Å². The summed E-state index contributed by atoms with van der Waals surface area (Å²) < 4.78 is 5.72. The van der Waals surface area contributed by atoms with Crippen LogP contribution in [0.15, 0.2) is 18.2 Å². The van der Waals surface area contributed by atoms with Crippen LogP contribution in [-0.2, 0) is 16.6 Å². The summed E-state index contributed by atoms with van der Waals surface area (Å²) in [4.78, 5) is 14.9. The molecule has 2 saturated carbocycles. The fourth-order valence-corrected chi connectivity index (χ4v) is 6.43. The summed E-state index contributed by atoms with van der Waals surface area (Å²) in [5.74, 6) is 0.884. The Morgan fingerprint density at radius 2 is 2.12 bits per heavy atom. The largest absolute Gasteiger partial charge is 0.508 e. The lowest BCUT2D eigenvalue weighted by Crippen LogP contribution is -2.46. The van der Waals surface area contributed by atoms with Crippen molar-refractivity contribution in [2.45, 2.75) is 81.9 Å². The van der Waals surface area contributed by atoms with Gasteiger partial charge >= 0.3 is 6.09 Å². The van der Waals surface area contributed by atoms with E-state index in [4.69, 9.17) is 4.74 Å². The van der Waals surface area contributed by atoms with E-state index in [0.717, 1.165) is 12.8 Å². The summed E-state index contributed by atoms with van der Waals surface area (Å²) in [6.45, 7) is 5.81. The number of rotatable bonds is 0. The number of fused-ring (bicyclic) bond motifs is 2. The standard InChI is InChI=1S/C21H27NO3/c1-19(2,3)25-18(24)22-17-15-6-4-5-9-20(15)12-21(17,22)11-13-7-8-14(23)10-16(13)20/h7-8,10,15,17,23H,4-6,9,11-12H2,1-3H3/t15-,17-,20?,21?,22?/m0/s1. The number of amides is 1. The summed E-state index contributed by atoms with van der Waals surface area (Å²) in [5.41, 5.74) is 2.35. The average molecular weight is 341 g/mol. The van der Waals surface area contributed by atoms with Crippen LogP contribution in [0.5, 0.6) is 5.75 Å². The minimum absolute atomic E-state index is 0.0404. The molecule has 0 radical (unpaired) electrons. The van der Waals surface area contributed by atoms with E-state index in [-0.39, 0.29) is 17.0 Å². The lowest BCUT2D eigenvalue weighted by atomic mass is 9.60. The Hall–Kier alpha value is -1.71. The summed E-state index contributed by atoms with van der Waals surface area (Å²) in [6, 6.07) is 6.19. The van der Waals surface area contributed by atoms with Crippen LogP contribution in [0.2, 0.25) is 0 Å². The van der Waals surface area contributed by atoms with E-state index in [9.17, 15) is 9.90 Å². The Balaban J connectivity index is 1.57. The number of hydrogen-bond donors (Lipinski definition) is 1. The summed E-state index contributed by atoms with van der Waals surface area (Å²) in [5, 5.41) is 10.1. The molecular formula is C21H27NO3. The van der Waals surface area contributed by atoms with E-state index < -0.39 is 5.60 Å².